The van der Waals surface area contributed by atoms with Gasteiger partial charge in [0.1, 0.15) is 10.6 Å². The van der Waals surface area contributed by atoms with Gasteiger partial charge in [-0.05, 0) is 31.5 Å². The van der Waals surface area contributed by atoms with Crippen molar-refractivity contribution in [1.82, 2.24) is 29.7 Å². The molecule has 13 heteroatoms. The number of pyridine rings is 1. The van der Waals surface area contributed by atoms with Crippen LogP contribution in [-0.4, -0.2) is 83.9 Å². The van der Waals surface area contributed by atoms with Gasteiger partial charge in [-0.2, -0.15) is 9.40 Å². The number of carbonyl (C=O) groups is 2. The predicted molar refractivity (Wildman–Crippen MR) is 150 cm³/mol. The quantitative estimate of drug-likeness (QED) is 0.318. The van der Waals surface area contributed by atoms with E-state index in [2.05, 4.69) is 30.7 Å². The number of aromatic nitrogens is 3. The van der Waals surface area contributed by atoms with Gasteiger partial charge in [0.15, 0.2) is 5.69 Å². The van der Waals surface area contributed by atoms with Crippen LogP contribution in [-0.2, 0) is 23.0 Å². The average Bonchev–Trinajstić information content (AvgIpc) is 3.42. The van der Waals surface area contributed by atoms with Crippen molar-refractivity contribution in [3.8, 4) is 5.88 Å². The van der Waals surface area contributed by atoms with Gasteiger partial charge in [-0.15, -0.1) is 0 Å². The first-order valence-corrected chi connectivity index (χ1v) is 14.8. The summed E-state index contributed by atoms with van der Waals surface area (Å²) in [6, 6.07) is 10.7. The molecular weight excluding hydrogens is 534 g/mol. The third kappa shape index (κ3) is 6.49. The van der Waals surface area contributed by atoms with Crippen LogP contribution in [0.5, 0.6) is 5.88 Å². The van der Waals surface area contributed by atoms with E-state index >= 15 is 0 Å². The zero-order valence-electron chi connectivity index (χ0n) is 22.9. The Bertz CT molecular complexity index is 1430. The van der Waals surface area contributed by atoms with Crippen LogP contribution in [0.4, 0.5) is 5.69 Å². The van der Waals surface area contributed by atoms with Crippen molar-refractivity contribution in [2.24, 2.45) is 0 Å². The molecule has 0 spiro atoms. The Kier molecular flexibility index (Phi) is 9.50. The minimum absolute atomic E-state index is 0.0556. The zero-order valence-corrected chi connectivity index (χ0v) is 23.8. The summed E-state index contributed by atoms with van der Waals surface area (Å²) >= 11 is 0. The number of ether oxygens (including phenoxy) is 1. The van der Waals surface area contributed by atoms with Crippen molar-refractivity contribution >= 4 is 27.5 Å². The first kappa shape index (κ1) is 29.2. The highest BCUT2D eigenvalue weighted by atomic mass is 32.2. The second kappa shape index (κ2) is 13.0. The molecule has 2 amide bonds. The molecule has 4 rings (SSSR count). The van der Waals surface area contributed by atoms with Gasteiger partial charge in [-0.25, -0.2) is 13.4 Å². The van der Waals surface area contributed by atoms with E-state index in [0.717, 1.165) is 12.1 Å². The topological polar surface area (TPSA) is 150 Å². The molecule has 214 valence electrons. The predicted octanol–water partition coefficient (Wildman–Crippen LogP) is 2.27. The summed E-state index contributed by atoms with van der Waals surface area (Å²) in [5.74, 6) is -1.08. The number of nitrogens with one attached hydrogen (secondary N) is 3. The largest absolute Gasteiger partial charge is 0.476 e. The number of aryl methyl sites for hydroxylation is 1. The van der Waals surface area contributed by atoms with Gasteiger partial charge >= 0.3 is 0 Å². The normalized spacial score (nSPS) is 14.6. The van der Waals surface area contributed by atoms with Crippen molar-refractivity contribution in [3.05, 3.63) is 65.1 Å². The van der Waals surface area contributed by atoms with Crippen LogP contribution in [0.1, 0.15) is 52.9 Å². The number of benzene rings is 1. The van der Waals surface area contributed by atoms with Crippen LogP contribution >= 0.6 is 0 Å². The molecule has 0 saturated carbocycles. The molecule has 1 aromatic carbocycles. The maximum Gasteiger partial charge on any atom is 0.272 e. The Morgan fingerprint density at radius 3 is 2.42 bits per heavy atom. The molecule has 3 heterocycles. The van der Waals surface area contributed by atoms with Crippen molar-refractivity contribution in [2.75, 3.05) is 44.6 Å². The van der Waals surface area contributed by atoms with E-state index in [9.17, 15) is 18.0 Å². The summed E-state index contributed by atoms with van der Waals surface area (Å²) in [6.45, 7) is 8.99. The van der Waals surface area contributed by atoms with Gasteiger partial charge in [0.25, 0.3) is 11.8 Å². The standard InChI is InChI=1S/C27H35N7O5S/c1-4-21-23(24(32-31-21)26(36)28-17-19-10-8-7-9-11-19)25(35)30-22-16-20(18-29-27(22)39-6-3)40(37,38)34-14-12-33(5-2)13-15-34/h7-11,16,18H,4-6,12-15,17H2,1-3H3,(H,28,36)(H,30,35)(H,31,32). The lowest BCUT2D eigenvalue weighted by Crippen LogP contribution is -2.48. The molecule has 0 radical (unpaired) electrons. The number of hydrogen-bond acceptors (Lipinski definition) is 8. The summed E-state index contributed by atoms with van der Waals surface area (Å²) < 4.78 is 33.8. The van der Waals surface area contributed by atoms with Crippen LogP contribution in [0.2, 0.25) is 0 Å². The third-order valence-corrected chi connectivity index (χ3v) is 8.57. The molecule has 12 nitrogen and oxygen atoms in total. The highest BCUT2D eigenvalue weighted by Gasteiger charge is 2.30. The number of piperazine rings is 1. The second-order valence-electron chi connectivity index (χ2n) is 9.20. The molecule has 1 aliphatic rings. The van der Waals surface area contributed by atoms with Crippen LogP contribution in [0.15, 0.2) is 47.5 Å². The maximum atomic E-state index is 13.5. The molecule has 3 aromatic rings. The maximum absolute atomic E-state index is 13.5. The van der Waals surface area contributed by atoms with Crippen LogP contribution in [0, 0.1) is 0 Å². The molecule has 1 saturated heterocycles. The molecule has 0 bridgehead atoms. The minimum atomic E-state index is -3.85. The average molecular weight is 570 g/mol. The number of carbonyl (C=O) groups excluding carboxylic acids is 2. The van der Waals surface area contributed by atoms with E-state index in [0.29, 0.717) is 38.3 Å². The summed E-state index contributed by atoms with van der Waals surface area (Å²) in [5.41, 5.74) is 1.45. The van der Waals surface area contributed by atoms with Gasteiger partial charge in [0, 0.05) is 38.4 Å². The summed E-state index contributed by atoms with van der Waals surface area (Å²) in [4.78, 5) is 32.9. The fourth-order valence-corrected chi connectivity index (χ4v) is 5.84. The monoisotopic (exact) mass is 569 g/mol. The second-order valence-corrected chi connectivity index (χ2v) is 11.1. The number of nitrogens with zero attached hydrogens (tertiary/aromatic N) is 4. The first-order valence-electron chi connectivity index (χ1n) is 13.3. The van der Waals surface area contributed by atoms with Gasteiger partial charge in [-0.1, -0.05) is 44.2 Å². The van der Waals surface area contributed by atoms with E-state index < -0.39 is 21.8 Å². The highest BCUT2D eigenvalue weighted by Crippen LogP contribution is 2.28. The fraction of sp³-hybridized carbons (Fsp3) is 0.407. The van der Waals surface area contributed by atoms with Crippen LogP contribution in [0.3, 0.4) is 0 Å². The van der Waals surface area contributed by atoms with Gasteiger partial charge in [-0.3, -0.25) is 14.7 Å². The smallest absolute Gasteiger partial charge is 0.272 e. The van der Waals surface area contributed by atoms with Crippen LogP contribution in [0.25, 0.3) is 0 Å². The number of hydrogen-bond donors (Lipinski definition) is 3. The van der Waals surface area contributed by atoms with Gasteiger partial charge in [0.2, 0.25) is 15.9 Å². The lowest BCUT2D eigenvalue weighted by atomic mass is 10.1. The summed E-state index contributed by atoms with van der Waals surface area (Å²) in [6.07, 6.45) is 1.65. The number of sulfonamides is 1. The lowest BCUT2D eigenvalue weighted by molar-refractivity contribution is 0.0933. The zero-order chi connectivity index (χ0) is 28.7. The SMILES string of the molecule is CCOc1ncc(S(=O)(=O)N2CCN(CC)CC2)cc1NC(=O)c1c(C(=O)NCc2ccccc2)n[nH]c1CC. The minimum Gasteiger partial charge on any atom is -0.476 e. The number of rotatable bonds is 11. The molecule has 1 fully saturated rings. The van der Waals surface area contributed by atoms with Crippen molar-refractivity contribution in [1.29, 1.82) is 0 Å². The number of anilines is 1. The van der Waals surface area contributed by atoms with Crippen molar-refractivity contribution in [2.45, 2.75) is 38.6 Å². The molecule has 2 aromatic heterocycles. The van der Waals surface area contributed by atoms with E-state index in [1.165, 1.54) is 16.6 Å². The number of likely N-dealkylation sites (N-methyl/N-ethyl adjacent to an activating group) is 1. The first-order chi connectivity index (χ1) is 19.3. The highest BCUT2D eigenvalue weighted by molar-refractivity contribution is 7.89. The molecule has 3 N–H and O–H groups in total. The Labute approximate surface area is 234 Å². The number of aromatic amines is 1. The van der Waals surface area contributed by atoms with Crippen LogP contribution < -0.4 is 15.4 Å². The molecule has 0 atom stereocenters. The molecule has 0 aliphatic carbocycles. The Hall–Kier alpha value is -3.81. The molecule has 0 unspecified atom stereocenters. The van der Waals surface area contributed by atoms with Gasteiger partial charge in [0.05, 0.1) is 18.4 Å². The van der Waals surface area contributed by atoms with Crippen molar-refractivity contribution in [3.63, 3.8) is 0 Å². The lowest BCUT2D eigenvalue weighted by Gasteiger charge is -2.33. The van der Waals surface area contributed by atoms with E-state index in [1.54, 1.807) is 6.92 Å². The third-order valence-electron chi connectivity index (χ3n) is 6.70. The fourth-order valence-electron chi connectivity index (χ4n) is 4.44. The van der Waals surface area contributed by atoms with E-state index in [-0.39, 0.29) is 40.9 Å². The Balaban J connectivity index is 1.59. The van der Waals surface area contributed by atoms with E-state index in [4.69, 9.17) is 4.74 Å². The Morgan fingerprint density at radius 1 is 1.05 bits per heavy atom. The Morgan fingerprint density at radius 2 is 1.77 bits per heavy atom. The number of amides is 2. The van der Waals surface area contributed by atoms with Crippen molar-refractivity contribution < 1.29 is 22.7 Å². The number of H-pyrrole nitrogens is 1. The van der Waals surface area contributed by atoms with E-state index in [1.807, 2.05) is 44.2 Å². The molecule has 40 heavy (non-hydrogen) atoms. The summed E-state index contributed by atoms with van der Waals surface area (Å²) in [7, 11) is -3.85. The van der Waals surface area contributed by atoms with Gasteiger partial charge < -0.3 is 20.3 Å². The molecule has 1 aliphatic heterocycles. The molecular formula is C27H35N7O5S. The summed E-state index contributed by atoms with van der Waals surface area (Å²) in [5, 5.41) is 12.4.